The molecule has 0 N–H and O–H groups in total. The lowest BCUT2D eigenvalue weighted by Gasteiger charge is -2.04. The molecule has 1 aromatic heterocycles. The van der Waals surface area contributed by atoms with Gasteiger partial charge in [0, 0.05) is 16.0 Å². The van der Waals surface area contributed by atoms with E-state index in [1.807, 2.05) is 0 Å². The van der Waals surface area contributed by atoms with Crippen LogP contribution >= 0.6 is 39.1 Å². The van der Waals surface area contributed by atoms with E-state index >= 15 is 0 Å². The van der Waals surface area contributed by atoms with E-state index in [2.05, 4.69) is 25.5 Å². The molecule has 1 heterocycles. The smallest absolute Gasteiger partial charge is 0.339 e. The van der Waals surface area contributed by atoms with Gasteiger partial charge in [0.05, 0.1) is 5.56 Å². The van der Waals surface area contributed by atoms with Gasteiger partial charge < -0.3 is 4.74 Å². The minimum absolute atomic E-state index is 0.0714. The van der Waals surface area contributed by atoms with Crippen LogP contribution in [0.4, 0.5) is 4.39 Å². The van der Waals surface area contributed by atoms with Gasteiger partial charge in [-0.25, -0.2) is 9.18 Å². The third-order valence-corrected chi connectivity index (χ3v) is 3.64. The van der Waals surface area contributed by atoms with E-state index in [0.717, 1.165) is 11.5 Å². The summed E-state index contributed by atoms with van der Waals surface area (Å²) in [6.07, 6.45) is 0. The van der Waals surface area contributed by atoms with Crippen molar-refractivity contribution >= 4 is 45.0 Å². The lowest BCUT2D eigenvalue weighted by Crippen LogP contribution is -2.06. The molecule has 0 aliphatic carbocycles. The van der Waals surface area contributed by atoms with Gasteiger partial charge in [0.1, 0.15) is 22.5 Å². The maximum absolute atomic E-state index is 12.9. The Morgan fingerprint density at radius 3 is 2.94 bits per heavy atom. The van der Waals surface area contributed by atoms with Gasteiger partial charge in [-0.2, -0.15) is 0 Å². The van der Waals surface area contributed by atoms with Crippen molar-refractivity contribution in [2.75, 3.05) is 0 Å². The zero-order valence-corrected chi connectivity index (χ0v) is 11.9. The molecular weight excluding hydrogens is 347 g/mol. The second-order valence-corrected chi connectivity index (χ2v) is 5.40. The first-order valence-corrected chi connectivity index (χ1v) is 6.61. The summed E-state index contributed by atoms with van der Waals surface area (Å²) in [4.78, 5) is 11.7. The first-order chi connectivity index (χ1) is 8.58. The second kappa shape index (κ2) is 5.73. The Bertz CT molecular complexity index is 593. The fourth-order valence-electron chi connectivity index (χ4n) is 1.15. The average molecular weight is 352 g/mol. The van der Waals surface area contributed by atoms with Crippen molar-refractivity contribution < 1.29 is 13.9 Å². The fourth-order valence-corrected chi connectivity index (χ4v) is 2.26. The molecule has 0 amide bonds. The third kappa shape index (κ3) is 3.04. The minimum Gasteiger partial charge on any atom is -0.455 e. The number of esters is 1. The van der Waals surface area contributed by atoms with Crippen LogP contribution in [-0.2, 0) is 11.3 Å². The van der Waals surface area contributed by atoms with Gasteiger partial charge in [0.25, 0.3) is 0 Å². The highest BCUT2D eigenvalue weighted by atomic mass is 79.9. The molecule has 0 aliphatic rings. The third-order valence-electron chi connectivity index (χ3n) is 2.00. The Morgan fingerprint density at radius 2 is 2.33 bits per heavy atom. The summed E-state index contributed by atoms with van der Waals surface area (Å²) < 4.78 is 22.2. The van der Waals surface area contributed by atoms with Crippen LogP contribution in [0.5, 0.6) is 0 Å². The summed E-state index contributed by atoms with van der Waals surface area (Å²) in [6.45, 7) is -0.0714. The molecular formula is C10H5BrClFN2O2S. The van der Waals surface area contributed by atoms with Crippen LogP contribution in [-0.4, -0.2) is 15.6 Å². The highest BCUT2D eigenvalue weighted by Crippen LogP contribution is 2.21. The van der Waals surface area contributed by atoms with Gasteiger partial charge in [-0.1, -0.05) is 16.1 Å². The van der Waals surface area contributed by atoms with Crippen molar-refractivity contribution in [2.24, 2.45) is 0 Å². The minimum atomic E-state index is -0.592. The molecule has 0 saturated carbocycles. The Morgan fingerprint density at radius 1 is 1.56 bits per heavy atom. The predicted octanol–water partition coefficient (Wildman–Crippen LogP) is 3.45. The van der Waals surface area contributed by atoms with E-state index in [-0.39, 0.29) is 12.2 Å². The highest BCUT2D eigenvalue weighted by Gasteiger charge is 2.14. The van der Waals surface area contributed by atoms with E-state index < -0.39 is 11.8 Å². The summed E-state index contributed by atoms with van der Waals surface area (Å²) in [7, 11) is 0. The van der Waals surface area contributed by atoms with Gasteiger partial charge in [0.15, 0.2) is 0 Å². The van der Waals surface area contributed by atoms with Crippen molar-refractivity contribution in [2.45, 2.75) is 6.61 Å². The van der Waals surface area contributed by atoms with Gasteiger partial charge >= 0.3 is 5.97 Å². The van der Waals surface area contributed by atoms with Crippen LogP contribution < -0.4 is 0 Å². The molecule has 0 spiro atoms. The lowest BCUT2D eigenvalue weighted by atomic mass is 10.2. The molecule has 0 atom stereocenters. The highest BCUT2D eigenvalue weighted by molar-refractivity contribution is 9.10. The summed E-state index contributed by atoms with van der Waals surface area (Å²) >= 11 is 9.86. The molecule has 8 heteroatoms. The van der Waals surface area contributed by atoms with Crippen LogP contribution in [0, 0.1) is 5.82 Å². The summed E-state index contributed by atoms with van der Waals surface area (Å²) in [6, 6.07) is 3.70. The Kier molecular flexibility index (Phi) is 4.26. The molecule has 0 radical (unpaired) electrons. The Labute approximate surface area is 119 Å². The summed E-state index contributed by atoms with van der Waals surface area (Å²) in [5.74, 6) is -1.03. The van der Waals surface area contributed by atoms with Crippen molar-refractivity contribution in [3.8, 4) is 0 Å². The van der Waals surface area contributed by atoms with Crippen molar-refractivity contribution in [3.63, 3.8) is 0 Å². The number of carbonyl (C=O) groups is 1. The topological polar surface area (TPSA) is 52.1 Å². The molecule has 0 unspecified atom stereocenters. The molecule has 0 bridgehead atoms. The zero-order chi connectivity index (χ0) is 13.1. The van der Waals surface area contributed by atoms with Crippen molar-refractivity contribution in [1.29, 1.82) is 0 Å². The van der Waals surface area contributed by atoms with Crippen molar-refractivity contribution in [1.82, 2.24) is 9.59 Å². The average Bonchev–Trinajstić information content (AvgIpc) is 2.72. The number of halogens is 3. The number of nitrogens with zero attached hydrogens (tertiary/aromatic N) is 2. The normalized spacial score (nSPS) is 10.4. The molecule has 1 aromatic carbocycles. The van der Waals surface area contributed by atoms with Gasteiger partial charge in [-0.05, 0) is 34.1 Å². The van der Waals surface area contributed by atoms with Crippen LogP contribution in [0.1, 0.15) is 16.1 Å². The molecule has 2 rings (SSSR count). The van der Waals surface area contributed by atoms with E-state index in [4.69, 9.17) is 16.3 Å². The molecule has 0 saturated heterocycles. The Hall–Kier alpha value is -1.05. The van der Waals surface area contributed by atoms with Gasteiger partial charge in [-0.3, -0.25) is 0 Å². The standard InChI is InChI=1S/C10H5BrClFN2O2S/c11-7-3-5(13)1-2-6(7)10(16)17-4-8-9(12)18-15-14-8/h1-3H,4H2. The largest absolute Gasteiger partial charge is 0.455 e. The fraction of sp³-hybridized carbons (Fsp3) is 0.100. The maximum atomic E-state index is 12.9. The van der Waals surface area contributed by atoms with E-state index in [1.54, 1.807) is 0 Å². The van der Waals surface area contributed by atoms with Crippen molar-refractivity contribution in [3.05, 3.63) is 44.1 Å². The van der Waals surface area contributed by atoms with E-state index in [1.165, 1.54) is 18.2 Å². The van der Waals surface area contributed by atoms with Crippen LogP contribution in [0.15, 0.2) is 22.7 Å². The zero-order valence-electron chi connectivity index (χ0n) is 8.69. The molecule has 94 valence electrons. The number of carbonyl (C=O) groups excluding carboxylic acids is 1. The quantitative estimate of drug-likeness (QED) is 0.795. The molecule has 0 aliphatic heterocycles. The first-order valence-electron chi connectivity index (χ1n) is 4.67. The number of hydrogen-bond donors (Lipinski definition) is 0. The maximum Gasteiger partial charge on any atom is 0.339 e. The summed E-state index contributed by atoms with van der Waals surface area (Å²) in [5.41, 5.74) is 0.629. The molecule has 4 nitrogen and oxygen atoms in total. The van der Waals surface area contributed by atoms with E-state index in [0.29, 0.717) is 14.5 Å². The molecule has 18 heavy (non-hydrogen) atoms. The lowest BCUT2D eigenvalue weighted by molar-refractivity contribution is 0.0467. The van der Waals surface area contributed by atoms with Gasteiger partial charge in [-0.15, -0.1) is 5.10 Å². The number of ether oxygens (including phenoxy) is 1. The first kappa shape index (κ1) is 13.4. The van der Waals surface area contributed by atoms with Crippen LogP contribution in [0.25, 0.3) is 0 Å². The molecule has 0 fully saturated rings. The van der Waals surface area contributed by atoms with Gasteiger partial charge in [0.2, 0.25) is 0 Å². The number of hydrogen-bond acceptors (Lipinski definition) is 5. The monoisotopic (exact) mass is 350 g/mol. The van der Waals surface area contributed by atoms with Crippen LogP contribution in [0.3, 0.4) is 0 Å². The van der Waals surface area contributed by atoms with Crippen LogP contribution in [0.2, 0.25) is 4.34 Å². The number of aromatic nitrogens is 2. The SMILES string of the molecule is O=C(OCc1nnsc1Cl)c1ccc(F)cc1Br. The Balaban J connectivity index is 2.06. The summed E-state index contributed by atoms with van der Waals surface area (Å²) in [5, 5.41) is 3.71. The number of rotatable bonds is 3. The second-order valence-electron chi connectivity index (χ2n) is 3.19. The molecule has 2 aromatic rings. The van der Waals surface area contributed by atoms with E-state index in [9.17, 15) is 9.18 Å². The number of benzene rings is 1. The predicted molar refractivity (Wildman–Crippen MR) is 68.1 cm³/mol.